The van der Waals surface area contributed by atoms with Crippen LogP contribution in [-0.4, -0.2) is 52.4 Å². The Morgan fingerprint density at radius 3 is 2.78 bits per heavy atom. The van der Waals surface area contributed by atoms with Crippen LogP contribution in [0.1, 0.15) is 25.2 Å². The lowest BCUT2D eigenvalue weighted by Crippen LogP contribution is -2.43. The van der Waals surface area contributed by atoms with Crippen molar-refractivity contribution in [2.24, 2.45) is 11.8 Å². The Balaban J connectivity index is 1.61. The SMILES string of the molecule is Cc1cccc(CN2C[C@@H]3CN(C(=O)NC(C)C)C[C@@H]3C2=O)n1. The minimum atomic E-state index is -0.0610. The molecule has 0 bridgehead atoms. The zero-order chi connectivity index (χ0) is 16.6. The van der Waals surface area contributed by atoms with E-state index < -0.39 is 0 Å². The molecule has 1 aromatic heterocycles. The van der Waals surface area contributed by atoms with Crippen molar-refractivity contribution in [2.75, 3.05) is 19.6 Å². The van der Waals surface area contributed by atoms with Crippen LogP contribution in [0.15, 0.2) is 18.2 Å². The molecule has 0 radical (unpaired) electrons. The first-order valence-corrected chi connectivity index (χ1v) is 8.21. The summed E-state index contributed by atoms with van der Waals surface area (Å²) >= 11 is 0. The van der Waals surface area contributed by atoms with Gasteiger partial charge in [-0.05, 0) is 32.9 Å². The van der Waals surface area contributed by atoms with Crippen molar-refractivity contribution in [3.8, 4) is 0 Å². The fourth-order valence-corrected chi connectivity index (χ4v) is 3.47. The molecule has 0 aromatic carbocycles. The first-order valence-electron chi connectivity index (χ1n) is 8.21. The highest BCUT2D eigenvalue weighted by molar-refractivity contribution is 5.84. The van der Waals surface area contributed by atoms with Crippen LogP contribution in [-0.2, 0) is 11.3 Å². The average Bonchev–Trinajstić information content (AvgIpc) is 2.99. The highest BCUT2D eigenvalue weighted by Gasteiger charge is 2.47. The van der Waals surface area contributed by atoms with Gasteiger partial charge in [0, 0.05) is 37.3 Å². The summed E-state index contributed by atoms with van der Waals surface area (Å²) in [5, 5.41) is 2.90. The largest absolute Gasteiger partial charge is 0.336 e. The van der Waals surface area contributed by atoms with Gasteiger partial charge in [-0.25, -0.2) is 4.79 Å². The number of aryl methyl sites for hydroxylation is 1. The minimum absolute atomic E-state index is 0.0577. The monoisotopic (exact) mass is 316 g/mol. The topological polar surface area (TPSA) is 65.5 Å². The molecule has 0 spiro atoms. The van der Waals surface area contributed by atoms with Gasteiger partial charge in [-0.1, -0.05) is 6.07 Å². The molecular weight excluding hydrogens is 292 g/mol. The Kier molecular flexibility index (Phi) is 4.24. The third kappa shape index (κ3) is 3.30. The van der Waals surface area contributed by atoms with Gasteiger partial charge in [0.05, 0.1) is 18.2 Å². The number of hydrogen-bond donors (Lipinski definition) is 1. The smallest absolute Gasteiger partial charge is 0.317 e. The minimum Gasteiger partial charge on any atom is -0.336 e. The third-order valence-corrected chi connectivity index (χ3v) is 4.52. The number of rotatable bonds is 3. The Morgan fingerprint density at radius 1 is 1.35 bits per heavy atom. The molecule has 0 unspecified atom stereocenters. The van der Waals surface area contributed by atoms with Crippen molar-refractivity contribution in [3.05, 3.63) is 29.6 Å². The number of fused-ring (bicyclic) bond motifs is 1. The van der Waals surface area contributed by atoms with Gasteiger partial charge in [0.25, 0.3) is 0 Å². The van der Waals surface area contributed by atoms with Crippen molar-refractivity contribution < 1.29 is 9.59 Å². The summed E-state index contributed by atoms with van der Waals surface area (Å²) in [5.41, 5.74) is 1.89. The number of nitrogens with zero attached hydrogens (tertiary/aromatic N) is 3. The van der Waals surface area contributed by atoms with E-state index in [4.69, 9.17) is 0 Å². The summed E-state index contributed by atoms with van der Waals surface area (Å²) in [6, 6.07) is 5.93. The second kappa shape index (κ2) is 6.18. The zero-order valence-electron chi connectivity index (χ0n) is 14.0. The van der Waals surface area contributed by atoms with Crippen LogP contribution in [0.25, 0.3) is 0 Å². The molecule has 2 aliphatic heterocycles. The van der Waals surface area contributed by atoms with E-state index in [1.807, 2.05) is 43.9 Å². The van der Waals surface area contributed by atoms with Crippen LogP contribution in [0.2, 0.25) is 0 Å². The van der Waals surface area contributed by atoms with Crippen LogP contribution in [0, 0.1) is 18.8 Å². The predicted molar refractivity (Wildman–Crippen MR) is 86.6 cm³/mol. The van der Waals surface area contributed by atoms with Crippen molar-refractivity contribution in [2.45, 2.75) is 33.4 Å². The van der Waals surface area contributed by atoms with E-state index in [9.17, 15) is 9.59 Å². The molecule has 3 amide bonds. The van der Waals surface area contributed by atoms with Crippen molar-refractivity contribution >= 4 is 11.9 Å². The molecule has 3 rings (SSSR count). The number of nitrogens with one attached hydrogen (secondary N) is 1. The zero-order valence-corrected chi connectivity index (χ0v) is 14.0. The molecule has 3 heterocycles. The number of carbonyl (C=O) groups excluding carboxylic acids is 2. The fraction of sp³-hybridized carbons (Fsp3) is 0.588. The fourth-order valence-electron chi connectivity index (χ4n) is 3.47. The number of hydrogen-bond acceptors (Lipinski definition) is 3. The van der Waals surface area contributed by atoms with Gasteiger partial charge in [-0.15, -0.1) is 0 Å². The van der Waals surface area contributed by atoms with E-state index in [0.717, 1.165) is 11.4 Å². The second-order valence-corrected chi connectivity index (χ2v) is 6.86. The van der Waals surface area contributed by atoms with Crippen LogP contribution >= 0.6 is 0 Å². The van der Waals surface area contributed by atoms with E-state index in [2.05, 4.69) is 10.3 Å². The summed E-state index contributed by atoms with van der Waals surface area (Å²) in [4.78, 5) is 32.8. The highest BCUT2D eigenvalue weighted by atomic mass is 16.2. The maximum Gasteiger partial charge on any atom is 0.317 e. The molecular formula is C17H24N4O2. The van der Waals surface area contributed by atoms with Crippen LogP contribution in [0.3, 0.4) is 0 Å². The molecule has 2 atom stereocenters. The van der Waals surface area contributed by atoms with Gasteiger partial charge in [0.15, 0.2) is 0 Å². The molecule has 124 valence electrons. The molecule has 0 aliphatic carbocycles. The van der Waals surface area contributed by atoms with Crippen molar-refractivity contribution in [3.63, 3.8) is 0 Å². The number of urea groups is 1. The summed E-state index contributed by atoms with van der Waals surface area (Å²) in [6.45, 7) is 8.30. The van der Waals surface area contributed by atoms with Crippen molar-refractivity contribution in [1.82, 2.24) is 20.1 Å². The number of carbonyl (C=O) groups is 2. The Hall–Kier alpha value is -2.11. The maximum atomic E-state index is 12.6. The van der Waals surface area contributed by atoms with Gasteiger partial charge in [-0.2, -0.15) is 0 Å². The van der Waals surface area contributed by atoms with Crippen LogP contribution in [0.5, 0.6) is 0 Å². The average molecular weight is 316 g/mol. The Labute approximate surface area is 136 Å². The standard InChI is InChI=1S/C17H24N4O2/c1-11(2)18-17(23)21-8-13-7-20(16(22)15(13)10-21)9-14-6-4-5-12(3)19-14/h4-6,11,13,15H,7-10H2,1-3H3,(H,18,23)/t13-,15+/m1/s1. The van der Waals surface area contributed by atoms with Gasteiger partial charge in [0.1, 0.15) is 0 Å². The molecule has 1 aromatic rings. The lowest BCUT2D eigenvalue weighted by atomic mass is 10.0. The number of aromatic nitrogens is 1. The lowest BCUT2D eigenvalue weighted by Gasteiger charge is -2.23. The maximum absolute atomic E-state index is 12.6. The molecule has 2 aliphatic rings. The lowest BCUT2D eigenvalue weighted by molar-refractivity contribution is -0.131. The molecule has 1 N–H and O–H groups in total. The van der Waals surface area contributed by atoms with Crippen LogP contribution in [0.4, 0.5) is 4.79 Å². The number of amides is 3. The molecule has 0 saturated carbocycles. The molecule has 6 nitrogen and oxygen atoms in total. The van der Waals surface area contributed by atoms with E-state index >= 15 is 0 Å². The quantitative estimate of drug-likeness (QED) is 0.916. The summed E-state index contributed by atoms with van der Waals surface area (Å²) < 4.78 is 0. The molecule has 2 fully saturated rings. The van der Waals surface area contributed by atoms with Crippen LogP contribution < -0.4 is 5.32 Å². The summed E-state index contributed by atoms with van der Waals surface area (Å²) in [5.74, 6) is 0.334. The Bertz CT molecular complexity index is 616. The number of pyridine rings is 1. The number of likely N-dealkylation sites (tertiary alicyclic amines) is 2. The van der Waals surface area contributed by atoms with Gasteiger partial charge >= 0.3 is 6.03 Å². The van der Waals surface area contributed by atoms with E-state index in [-0.39, 0.29) is 29.8 Å². The molecule has 23 heavy (non-hydrogen) atoms. The molecule has 2 saturated heterocycles. The first kappa shape index (κ1) is 15.8. The van der Waals surface area contributed by atoms with Crippen molar-refractivity contribution in [1.29, 1.82) is 0 Å². The van der Waals surface area contributed by atoms with Gasteiger partial charge in [0.2, 0.25) is 5.91 Å². The predicted octanol–water partition coefficient (Wildman–Crippen LogP) is 1.40. The summed E-state index contributed by atoms with van der Waals surface area (Å²) in [6.07, 6.45) is 0. The van der Waals surface area contributed by atoms with E-state index in [0.29, 0.717) is 26.2 Å². The summed E-state index contributed by atoms with van der Waals surface area (Å²) in [7, 11) is 0. The Morgan fingerprint density at radius 2 is 2.13 bits per heavy atom. The van der Waals surface area contributed by atoms with Gasteiger partial charge < -0.3 is 15.1 Å². The van der Waals surface area contributed by atoms with Gasteiger partial charge in [-0.3, -0.25) is 9.78 Å². The third-order valence-electron chi connectivity index (χ3n) is 4.52. The highest BCUT2D eigenvalue weighted by Crippen LogP contribution is 2.32. The second-order valence-electron chi connectivity index (χ2n) is 6.86. The van der Waals surface area contributed by atoms with E-state index in [1.54, 1.807) is 4.90 Å². The first-order chi connectivity index (χ1) is 10.9. The molecule has 6 heteroatoms. The normalized spacial score (nSPS) is 23.6. The van der Waals surface area contributed by atoms with E-state index in [1.165, 1.54) is 0 Å².